The van der Waals surface area contributed by atoms with Crippen LogP contribution in [0.3, 0.4) is 0 Å². The number of rotatable bonds is 4. The van der Waals surface area contributed by atoms with Crippen molar-refractivity contribution in [3.63, 3.8) is 0 Å². The summed E-state index contributed by atoms with van der Waals surface area (Å²) >= 11 is 0. The van der Waals surface area contributed by atoms with E-state index < -0.39 is 10.0 Å². The van der Waals surface area contributed by atoms with E-state index in [-0.39, 0.29) is 17.1 Å². The molecule has 3 fully saturated rings. The SMILES string of the molecule is Cc1ccccc1-c1ccc(C2[C@@H]3CN(S(=O)(=O)c4cn(C)cn4)C[C@H]2N3)cc1. The number of aryl methyl sites for hydroxylation is 2. The van der Waals surface area contributed by atoms with Gasteiger partial charge < -0.3 is 9.88 Å². The Balaban J connectivity index is 1.33. The Bertz CT molecular complexity index is 1140. The summed E-state index contributed by atoms with van der Waals surface area (Å²) in [6.07, 6.45) is 3.08. The normalized spacial score (nSPS) is 24.3. The van der Waals surface area contributed by atoms with Gasteiger partial charge >= 0.3 is 0 Å². The third kappa shape index (κ3) is 3.10. The highest BCUT2D eigenvalue weighted by Gasteiger charge is 2.50. The van der Waals surface area contributed by atoms with E-state index in [0.717, 1.165) is 0 Å². The molecule has 150 valence electrons. The largest absolute Gasteiger partial charge is 0.339 e. The quantitative estimate of drug-likeness (QED) is 0.720. The predicted octanol–water partition coefficient (Wildman–Crippen LogP) is 2.52. The average molecular weight is 409 g/mol. The first kappa shape index (κ1) is 18.5. The van der Waals surface area contributed by atoms with Crippen LogP contribution in [0.4, 0.5) is 0 Å². The van der Waals surface area contributed by atoms with E-state index in [2.05, 4.69) is 65.8 Å². The second-order valence-corrected chi connectivity index (χ2v) is 9.93. The molecule has 29 heavy (non-hydrogen) atoms. The lowest BCUT2D eigenvalue weighted by Crippen LogP contribution is -2.72. The molecule has 6 nitrogen and oxygen atoms in total. The number of sulfonamides is 1. The highest BCUT2D eigenvalue weighted by atomic mass is 32.2. The van der Waals surface area contributed by atoms with Crippen molar-refractivity contribution in [2.75, 3.05) is 13.1 Å². The zero-order chi connectivity index (χ0) is 20.2. The van der Waals surface area contributed by atoms with Crippen LogP contribution < -0.4 is 5.32 Å². The molecule has 7 heteroatoms. The van der Waals surface area contributed by atoms with Crippen LogP contribution in [0.5, 0.6) is 0 Å². The Morgan fingerprint density at radius 1 is 1.03 bits per heavy atom. The van der Waals surface area contributed by atoms with Gasteiger partial charge in [-0.25, -0.2) is 13.4 Å². The fraction of sp³-hybridized carbons (Fsp3) is 0.318. The first-order valence-corrected chi connectivity index (χ1v) is 11.3. The molecule has 0 saturated carbocycles. The molecule has 0 spiro atoms. The molecule has 1 aromatic heterocycles. The highest BCUT2D eigenvalue weighted by Crippen LogP contribution is 2.39. The first-order valence-electron chi connectivity index (χ1n) is 9.83. The summed E-state index contributed by atoms with van der Waals surface area (Å²) in [5, 5.41) is 3.64. The Hall–Kier alpha value is -2.48. The van der Waals surface area contributed by atoms with Gasteiger partial charge in [-0.2, -0.15) is 4.31 Å². The molecule has 0 radical (unpaired) electrons. The van der Waals surface area contributed by atoms with E-state index in [1.54, 1.807) is 22.1 Å². The van der Waals surface area contributed by atoms with Gasteiger partial charge in [0, 0.05) is 44.3 Å². The van der Waals surface area contributed by atoms with Crippen molar-refractivity contribution in [2.24, 2.45) is 7.05 Å². The molecule has 0 aliphatic carbocycles. The molecule has 3 aliphatic rings. The number of imidazole rings is 1. The fourth-order valence-corrected chi connectivity index (χ4v) is 6.04. The third-order valence-electron chi connectivity index (χ3n) is 6.13. The van der Waals surface area contributed by atoms with Gasteiger partial charge in [0.2, 0.25) is 0 Å². The summed E-state index contributed by atoms with van der Waals surface area (Å²) in [6.45, 7) is 3.07. The minimum atomic E-state index is -3.54. The van der Waals surface area contributed by atoms with Crippen molar-refractivity contribution in [1.29, 1.82) is 0 Å². The molecule has 3 saturated heterocycles. The number of aromatic nitrogens is 2. The summed E-state index contributed by atoms with van der Waals surface area (Å²) in [5.41, 5.74) is 4.99. The van der Waals surface area contributed by atoms with Crippen molar-refractivity contribution < 1.29 is 8.42 Å². The van der Waals surface area contributed by atoms with Crippen LogP contribution in [0.25, 0.3) is 11.1 Å². The van der Waals surface area contributed by atoms with Crippen LogP contribution in [-0.2, 0) is 17.1 Å². The summed E-state index contributed by atoms with van der Waals surface area (Å²) in [5.74, 6) is 0.344. The maximum Gasteiger partial charge on any atom is 0.262 e. The van der Waals surface area contributed by atoms with Gasteiger partial charge in [0.05, 0.1) is 6.33 Å². The number of fused-ring (bicyclic) bond motifs is 2. The van der Waals surface area contributed by atoms with Crippen molar-refractivity contribution in [3.05, 3.63) is 72.2 Å². The minimum absolute atomic E-state index is 0.125. The van der Waals surface area contributed by atoms with Crippen LogP contribution in [0.1, 0.15) is 17.0 Å². The molecule has 6 rings (SSSR count). The molecule has 2 aromatic carbocycles. The molecule has 2 bridgehead atoms. The number of hydrogen-bond donors (Lipinski definition) is 1. The maximum absolute atomic E-state index is 12.9. The molecule has 3 atom stereocenters. The van der Waals surface area contributed by atoms with Crippen LogP contribution in [0.2, 0.25) is 0 Å². The maximum atomic E-state index is 12.9. The number of piperidine rings is 1. The summed E-state index contributed by atoms with van der Waals surface area (Å²) in [4.78, 5) is 4.04. The van der Waals surface area contributed by atoms with E-state index in [4.69, 9.17) is 0 Å². The molecule has 3 aromatic rings. The number of nitrogens with one attached hydrogen (secondary N) is 1. The van der Waals surface area contributed by atoms with E-state index in [0.29, 0.717) is 19.0 Å². The monoisotopic (exact) mass is 408 g/mol. The molecular formula is C22H24N4O2S. The van der Waals surface area contributed by atoms with Crippen LogP contribution in [-0.4, -0.2) is 47.4 Å². The van der Waals surface area contributed by atoms with Crippen LogP contribution in [0.15, 0.2) is 66.1 Å². The summed E-state index contributed by atoms with van der Waals surface area (Å²) in [7, 11) is -1.76. The lowest BCUT2D eigenvalue weighted by Gasteiger charge is -2.54. The lowest BCUT2D eigenvalue weighted by atomic mass is 9.75. The molecule has 3 aliphatic heterocycles. The zero-order valence-corrected chi connectivity index (χ0v) is 17.3. The topological polar surface area (TPSA) is 67.2 Å². The summed E-state index contributed by atoms with van der Waals surface area (Å²) < 4.78 is 29.0. The first-order chi connectivity index (χ1) is 13.9. The van der Waals surface area contributed by atoms with Gasteiger partial charge in [0.1, 0.15) is 0 Å². The van der Waals surface area contributed by atoms with Crippen molar-refractivity contribution in [1.82, 2.24) is 19.2 Å². The van der Waals surface area contributed by atoms with Gasteiger partial charge in [-0.05, 0) is 29.2 Å². The minimum Gasteiger partial charge on any atom is -0.339 e. The van der Waals surface area contributed by atoms with Crippen LogP contribution in [0, 0.1) is 6.92 Å². The third-order valence-corrected chi connectivity index (χ3v) is 7.85. The van der Waals surface area contributed by atoms with E-state index in [1.807, 2.05) is 0 Å². The van der Waals surface area contributed by atoms with Gasteiger partial charge in [0.25, 0.3) is 10.0 Å². The number of hydrogen-bond acceptors (Lipinski definition) is 4. The van der Waals surface area contributed by atoms with E-state index >= 15 is 0 Å². The van der Waals surface area contributed by atoms with Crippen molar-refractivity contribution in [3.8, 4) is 11.1 Å². The molecule has 1 N–H and O–H groups in total. The van der Waals surface area contributed by atoms with Crippen LogP contribution >= 0.6 is 0 Å². The van der Waals surface area contributed by atoms with Gasteiger partial charge in [0.15, 0.2) is 5.03 Å². The average Bonchev–Trinajstić information content (AvgIpc) is 3.16. The zero-order valence-electron chi connectivity index (χ0n) is 16.5. The highest BCUT2D eigenvalue weighted by molar-refractivity contribution is 7.89. The Labute approximate surface area is 171 Å². The van der Waals surface area contributed by atoms with E-state index in [1.165, 1.54) is 28.6 Å². The fourth-order valence-electron chi connectivity index (χ4n) is 4.59. The second-order valence-electron chi connectivity index (χ2n) is 8.04. The standard InChI is InChI=1S/C22H24N4O2S/c1-15-5-3-4-6-18(15)16-7-9-17(10-8-16)22-19-11-26(12-20(22)24-19)29(27,28)21-13-25(2)14-23-21/h3-10,13-14,19-20,22,24H,11-12H2,1-2H3/t19-,20+,22?. The van der Waals surface area contributed by atoms with Crippen molar-refractivity contribution >= 4 is 10.0 Å². The predicted molar refractivity (Wildman–Crippen MR) is 112 cm³/mol. The smallest absolute Gasteiger partial charge is 0.262 e. The van der Waals surface area contributed by atoms with E-state index in [9.17, 15) is 8.42 Å². The number of benzene rings is 2. The number of nitrogens with zero attached hydrogens (tertiary/aromatic N) is 3. The molecule has 1 unspecified atom stereocenters. The molecule has 4 heterocycles. The number of piperazine rings is 1. The Morgan fingerprint density at radius 2 is 1.72 bits per heavy atom. The second kappa shape index (κ2) is 6.79. The Morgan fingerprint density at radius 3 is 2.34 bits per heavy atom. The van der Waals surface area contributed by atoms with Crippen molar-refractivity contribution in [2.45, 2.75) is 30.0 Å². The Kier molecular flexibility index (Phi) is 4.34. The molecular weight excluding hydrogens is 384 g/mol. The van der Waals surface area contributed by atoms with Gasteiger partial charge in [-0.1, -0.05) is 48.5 Å². The van der Waals surface area contributed by atoms with Gasteiger partial charge in [-0.15, -0.1) is 0 Å². The van der Waals surface area contributed by atoms with Gasteiger partial charge in [-0.3, -0.25) is 0 Å². The lowest BCUT2D eigenvalue weighted by molar-refractivity contribution is 0.101. The molecule has 0 amide bonds. The summed E-state index contributed by atoms with van der Waals surface area (Å²) in [6, 6.07) is 17.4.